The van der Waals surface area contributed by atoms with Gasteiger partial charge in [-0.1, -0.05) is 25.5 Å². The van der Waals surface area contributed by atoms with Gasteiger partial charge in [0.25, 0.3) is 0 Å². The SMILES string of the molecule is CCCCn1c(CCl)nc2c(C)cccc21. The minimum absolute atomic E-state index is 0.484. The highest BCUT2D eigenvalue weighted by atomic mass is 35.5. The van der Waals surface area contributed by atoms with E-state index in [1.807, 2.05) is 0 Å². The molecule has 1 aromatic heterocycles. The van der Waals surface area contributed by atoms with E-state index in [9.17, 15) is 0 Å². The van der Waals surface area contributed by atoms with E-state index in [4.69, 9.17) is 11.6 Å². The molecule has 0 bridgehead atoms. The summed E-state index contributed by atoms with van der Waals surface area (Å²) in [7, 11) is 0. The number of hydrogen-bond acceptors (Lipinski definition) is 1. The van der Waals surface area contributed by atoms with Crippen LogP contribution in [-0.4, -0.2) is 9.55 Å². The highest BCUT2D eigenvalue weighted by Gasteiger charge is 2.10. The van der Waals surface area contributed by atoms with Gasteiger partial charge in [0.2, 0.25) is 0 Å². The summed E-state index contributed by atoms with van der Waals surface area (Å²) in [5, 5.41) is 0. The summed E-state index contributed by atoms with van der Waals surface area (Å²) < 4.78 is 2.25. The third-order valence-corrected chi connectivity index (χ3v) is 3.15. The molecule has 16 heavy (non-hydrogen) atoms. The molecule has 0 spiro atoms. The molecule has 3 heteroatoms. The number of fused-ring (bicyclic) bond motifs is 1. The number of imidazole rings is 1. The Morgan fingerprint density at radius 1 is 1.38 bits per heavy atom. The first-order valence-electron chi connectivity index (χ1n) is 5.78. The molecule has 2 rings (SSSR count). The fourth-order valence-corrected chi connectivity index (χ4v) is 2.21. The smallest absolute Gasteiger partial charge is 0.124 e. The maximum absolute atomic E-state index is 5.95. The molecule has 0 unspecified atom stereocenters. The quantitative estimate of drug-likeness (QED) is 0.737. The molecule has 0 amide bonds. The first-order chi connectivity index (χ1) is 7.77. The van der Waals surface area contributed by atoms with Crippen molar-refractivity contribution in [2.75, 3.05) is 0 Å². The van der Waals surface area contributed by atoms with Crippen molar-refractivity contribution in [2.24, 2.45) is 0 Å². The van der Waals surface area contributed by atoms with Crippen LogP contribution < -0.4 is 0 Å². The van der Waals surface area contributed by atoms with Crippen molar-refractivity contribution in [3.63, 3.8) is 0 Å². The lowest BCUT2D eigenvalue weighted by molar-refractivity contribution is 0.628. The fourth-order valence-electron chi connectivity index (χ4n) is 2.00. The first-order valence-corrected chi connectivity index (χ1v) is 6.32. The highest BCUT2D eigenvalue weighted by molar-refractivity contribution is 6.16. The predicted molar refractivity (Wildman–Crippen MR) is 68.9 cm³/mol. The monoisotopic (exact) mass is 236 g/mol. The maximum atomic E-state index is 5.95. The van der Waals surface area contributed by atoms with E-state index in [2.05, 4.69) is 41.6 Å². The van der Waals surface area contributed by atoms with Gasteiger partial charge in [-0.2, -0.15) is 0 Å². The molecule has 0 aliphatic heterocycles. The van der Waals surface area contributed by atoms with Crippen LogP contribution in [-0.2, 0) is 12.4 Å². The predicted octanol–water partition coefficient (Wildman–Crippen LogP) is 3.88. The molecule has 0 radical (unpaired) electrons. The zero-order chi connectivity index (χ0) is 11.5. The van der Waals surface area contributed by atoms with Crippen molar-refractivity contribution < 1.29 is 0 Å². The lowest BCUT2D eigenvalue weighted by atomic mass is 10.2. The van der Waals surface area contributed by atoms with Gasteiger partial charge < -0.3 is 4.57 Å². The number of aryl methyl sites for hydroxylation is 2. The van der Waals surface area contributed by atoms with E-state index >= 15 is 0 Å². The summed E-state index contributed by atoms with van der Waals surface area (Å²) in [4.78, 5) is 4.61. The maximum Gasteiger partial charge on any atom is 0.124 e. The van der Waals surface area contributed by atoms with Crippen LogP contribution in [0.4, 0.5) is 0 Å². The van der Waals surface area contributed by atoms with Crippen molar-refractivity contribution in [1.82, 2.24) is 9.55 Å². The number of aromatic nitrogens is 2. The molecular formula is C13H17ClN2. The van der Waals surface area contributed by atoms with Crippen LogP contribution in [0, 0.1) is 6.92 Å². The average Bonchev–Trinajstić information content (AvgIpc) is 2.66. The molecule has 1 heterocycles. The van der Waals surface area contributed by atoms with Gasteiger partial charge in [-0.15, -0.1) is 11.6 Å². The van der Waals surface area contributed by atoms with Crippen molar-refractivity contribution in [3.8, 4) is 0 Å². The second-order valence-electron chi connectivity index (χ2n) is 4.11. The zero-order valence-corrected chi connectivity index (χ0v) is 10.6. The van der Waals surface area contributed by atoms with Crippen LogP contribution in [0.3, 0.4) is 0 Å². The lowest BCUT2D eigenvalue weighted by Gasteiger charge is -2.06. The highest BCUT2D eigenvalue weighted by Crippen LogP contribution is 2.21. The Morgan fingerprint density at radius 3 is 2.88 bits per heavy atom. The van der Waals surface area contributed by atoms with Crippen LogP contribution in [0.25, 0.3) is 11.0 Å². The van der Waals surface area contributed by atoms with Crippen molar-refractivity contribution >= 4 is 22.6 Å². The number of benzene rings is 1. The van der Waals surface area contributed by atoms with Gasteiger partial charge in [-0.25, -0.2) is 4.98 Å². The van der Waals surface area contributed by atoms with E-state index in [1.54, 1.807) is 0 Å². The molecule has 0 aliphatic carbocycles. The Labute approximate surface area is 101 Å². The molecule has 2 nitrogen and oxygen atoms in total. The Kier molecular flexibility index (Phi) is 3.49. The van der Waals surface area contributed by atoms with Gasteiger partial charge in [0.15, 0.2) is 0 Å². The van der Waals surface area contributed by atoms with Crippen molar-refractivity contribution in [3.05, 3.63) is 29.6 Å². The van der Waals surface area contributed by atoms with E-state index < -0.39 is 0 Å². The van der Waals surface area contributed by atoms with E-state index in [1.165, 1.54) is 23.9 Å². The lowest BCUT2D eigenvalue weighted by Crippen LogP contribution is -2.01. The van der Waals surface area contributed by atoms with Crippen molar-refractivity contribution in [1.29, 1.82) is 0 Å². The molecular weight excluding hydrogens is 220 g/mol. The number of rotatable bonds is 4. The zero-order valence-electron chi connectivity index (χ0n) is 9.83. The second-order valence-corrected chi connectivity index (χ2v) is 4.38. The molecule has 2 aromatic rings. The fraction of sp³-hybridized carbons (Fsp3) is 0.462. The largest absolute Gasteiger partial charge is 0.327 e. The number of nitrogens with zero attached hydrogens (tertiary/aromatic N) is 2. The van der Waals surface area contributed by atoms with E-state index in [0.717, 1.165) is 17.9 Å². The minimum atomic E-state index is 0.484. The Morgan fingerprint density at radius 2 is 2.19 bits per heavy atom. The van der Waals surface area contributed by atoms with Gasteiger partial charge in [0.1, 0.15) is 5.82 Å². The molecule has 86 valence electrons. The van der Waals surface area contributed by atoms with Gasteiger partial charge in [0.05, 0.1) is 16.9 Å². The summed E-state index contributed by atoms with van der Waals surface area (Å²) >= 11 is 5.95. The molecule has 1 aromatic carbocycles. The standard InChI is InChI=1S/C13H17ClN2/c1-3-4-8-16-11-7-5-6-10(2)13(11)15-12(16)9-14/h5-7H,3-4,8-9H2,1-2H3. The van der Waals surface area contributed by atoms with Gasteiger partial charge in [-0.05, 0) is 25.0 Å². The molecule has 0 fully saturated rings. The van der Waals surface area contributed by atoms with E-state index in [-0.39, 0.29) is 0 Å². The van der Waals surface area contributed by atoms with Crippen LogP contribution in [0.1, 0.15) is 31.2 Å². The van der Waals surface area contributed by atoms with Gasteiger partial charge in [0, 0.05) is 6.54 Å². The summed E-state index contributed by atoms with van der Waals surface area (Å²) in [6, 6.07) is 6.30. The normalized spacial score (nSPS) is 11.2. The van der Waals surface area contributed by atoms with Crippen LogP contribution in [0.2, 0.25) is 0 Å². The van der Waals surface area contributed by atoms with Crippen LogP contribution in [0.5, 0.6) is 0 Å². The Balaban J connectivity index is 2.54. The number of alkyl halides is 1. The number of hydrogen-bond donors (Lipinski definition) is 0. The Hall–Kier alpha value is -1.02. The van der Waals surface area contributed by atoms with Gasteiger partial charge >= 0.3 is 0 Å². The van der Waals surface area contributed by atoms with Crippen LogP contribution in [0.15, 0.2) is 18.2 Å². The summed E-state index contributed by atoms with van der Waals surface area (Å²) in [6.07, 6.45) is 2.36. The summed E-state index contributed by atoms with van der Waals surface area (Å²) in [5.74, 6) is 1.47. The molecule has 0 saturated carbocycles. The molecule has 0 N–H and O–H groups in total. The number of unbranched alkanes of at least 4 members (excludes halogenated alkanes) is 1. The second kappa shape index (κ2) is 4.88. The van der Waals surface area contributed by atoms with E-state index in [0.29, 0.717) is 5.88 Å². The summed E-state index contributed by atoms with van der Waals surface area (Å²) in [5.41, 5.74) is 3.53. The first kappa shape index (κ1) is 11.5. The number of para-hydroxylation sites is 1. The minimum Gasteiger partial charge on any atom is -0.327 e. The molecule has 0 aliphatic rings. The number of halogens is 1. The van der Waals surface area contributed by atoms with Gasteiger partial charge in [-0.3, -0.25) is 0 Å². The third-order valence-electron chi connectivity index (χ3n) is 2.91. The average molecular weight is 237 g/mol. The molecule has 0 atom stereocenters. The Bertz CT molecular complexity index is 488. The molecule has 0 saturated heterocycles. The van der Waals surface area contributed by atoms with Crippen molar-refractivity contribution in [2.45, 2.75) is 39.1 Å². The third kappa shape index (κ3) is 1.94. The van der Waals surface area contributed by atoms with Crippen LogP contribution >= 0.6 is 11.6 Å². The topological polar surface area (TPSA) is 17.8 Å². The summed E-state index contributed by atoms with van der Waals surface area (Å²) in [6.45, 7) is 5.31.